The predicted octanol–water partition coefficient (Wildman–Crippen LogP) is 3.64. The average Bonchev–Trinajstić information content (AvgIpc) is 2.44. The highest BCUT2D eigenvalue weighted by molar-refractivity contribution is 6.32. The van der Waals surface area contributed by atoms with E-state index in [-0.39, 0.29) is 0 Å². The summed E-state index contributed by atoms with van der Waals surface area (Å²) in [6.07, 6.45) is 3.92. The SMILES string of the molecule is COCCCc1cc(CCCOC)c(Cl)c(COC)c1. The molecule has 20 heavy (non-hydrogen) atoms. The number of hydrogen-bond donors (Lipinski definition) is 0. The number of rotatable bonds is 10. The quantitative estimate of drug-likeness (QED) is 0.617. The lowest BCUT2D eigenvalue weighted by Crippen LogP contribution is -2.01. The number of halogens is 1. The molecule has 1 aromatic rings. The summed E-state index contributed by atoms with van der Waals surface area (Å²) in [7, 11) is 5.14. The fourth-order valence-corrected chi connectivity index (χ4v) is 2.49. The molecule has 0 aromatic heterocycles. The predicted molar refractivity (Wildman–Crippen MR) is 82.6 cm³/mol. The Hall–Kier alpha value is -0.610. The maximum absolute atomic E-state index is 6.45. The Labute approximate surface area is 127 Å². The van der Waals surface area contributed by atoms with E-state index in [0.717, 1.165) is 49.5 Å². The smallest absolute Gasteiger partial charge is 0.0727 e. The Balaban J connectivity index is 2.82. The lowest BCUT2D eigenvalue weighted by molar-refractivity contribution is 0.184. The molecule has 4 heteroatoms. The summed E-state index contributed by atoms with van der Waals surface area (Å²) in [6.45, 7) is 2.08. The molecule has 0 heterocycles. The highest BCUT2D eigenvalue weighted by Crippen LogP contribution is 2.26. The Morgan fingerprint density at radius 3 is 2.05 bits per heavy atom. The van der Waals surface area contributed by atoms with Crippen LogP contribution in [0.25, 0.3) is 0 Å². The van der Waals surface area contributed by atoms with Crippen LogP contribution in [-0.4, -0.2) is 34.5 Å². The lowest BCUT2D eigenvalue weighted by Gasteiger charge is -2.13. The number of hydrogen-bond acceptors (Lipinski definition) is 3. The number of benzene rings is 1. The Kier molecular flexibility index (Phi) is 8.86. The standard InChI is InChI=1S/C16H25ClO3/c1-18-8-4-6-13-10-14(7-5-9-19-2)16(17)15(11-13)12-20-3/h10-11H,4-9,12H2,1-3H3. The van der Waals surface area contributed by atoms with E-state index >= 15 is 0 Å². The van der Waals surface area contributed by atoms with Gasteiger partial charge in [0.05, 0.1) is 6.61 Å². The van der Waals surface area contributed by atoms with Gasteiger partial charge >= 0.3 is 0 Å². The van der Waals surface area contributed by atoms with Gasteiger partial charge in [0.2, 0.25) is 0 Å². The molecule has 1 rings (SSSR count). The molecule has 1 aromatic carbocycles. The first kappa shape index (κ1) is 17.4. The van der Waals surface area contributed by atoms with E-state index in [0.29, 0.717) is 6.61 Å². The van der Waals surface area contributed by atoms with Crippen LogP contribution in [0.3, 0.4) is 0 Å². The van der Waals surface area contributed by atoms with Crippen LogP contribution in [0.5, 0.6) is 0 Å². The summed E-state index contributed by atoms with van der Waals surface area (Å²) < 4.78 is 15.5. The second kappa shape index (κ2) is 10.2. The highest BCUT2D eigenvalue weighted by atomic mass is 35.5. The summed E-state index contributed by atoms with van der Waals surface area (Å²) in [4.78, 5) is 0. The summed E-state index contributed by atoms with van der Waals surface area (Å²) in [5, 5.41) is 0.832. The third-order valence-electron chi connectivity index (χ3n) is 3.19. The maximum atomic E-state index is 6.45. The van der Waals surface area contributed by atoms with Crippen LogP contribution in [-0.2, 0) is 33.7 Å². The van der Waals surface area contributed by atoms with Gasteiger partial charge in [0.25, 0.3) is 0 Å². The van der Waals surface area contributed by atoms with Gasteiger partial charge < -0.3 is 14.2 Å². The van der Waals surface area contributed by atoms with Crippen molar-refractivity contribution in [1.82, 2.24) is 0 Å². The van der Waals surface area contributed by atoms with E-state index in [9.17, 15) is 0 Å². The normalized spacial score (nSPS) is 11.0. The van der Waals surface area contributed by atoms with Crippen molar-refractivity contribution in [1.29, 1.82) is 0 Å². The van der Waals surface area contributed by atoms with Gasteiger partial charge in [-0.3, -0.25) is 0 Å². The van der Waals surface area contributed by atoms with Crippen LogP contribution < -0.4 is 0 Å². The lowest BCUT2D eigenvalue weighted by atomic mass is 9.99. The van der Waals surface area contributed by atoms with E-state index in [1.165, 1.54) is 11.1 Å². The third kappa shape index (κ3) is 5.80. The van der Waals surface area contributed by atoms with Crippen molar-refractivity contribution in [2.75, 3.05) is 34.5 Å². The molecule has 0 aliphatic rings. The molecular weight excluding hydrogens is 276 g/mol. The van der Waals surface area contributed by atoms with E-state index in [1.807, 2.05) is 0 Å². The third-order valence-corrected chi connectivity index (χ3v) is 3.68. The summed E-state index contributed by atoms with van der Waals surface area (Å²) in [6, 6.07) is 4.34. The van der Waals surface area contributed by atoms with Crippen LogP contribution in [0.1, 0.15) is 29.5 Å². The van der Waals surface area contributed by atoms with Crippen molar-refractivity contribution >= 4 is 11.6 Å². The van der Waals surface area contributed by atoms with E-state index in [2.05, 4.69) is 12.1 Å². The van der Waals surface area contributed by atoms with Crippen LogP contribution in [0.2, 0.25) is 5.02 Å². The minimum Gasteiger partial charge on any atom is -0.385 e. The molecule has 0 saturated carbocycles. The van der Waals surface area contributed by atoms with Gasteiger partial charge in [-0.2, -0.15) is 0 Å². The first-order chi connectivity index (χ1) is 9.72. The van der Waals surface area contributed by atoms with Crippen LogP contribution >= 0.6 is 11.6 Å². The molecule has 114 valence electrons. The Bertz CT molecular complexity index is 394. The Morgan fingerprint density at radius 1 is 0.850 bits per heavy atom. The van der Waals surface area contributed by atoms with Crippen molar-refractivity contribution in [3.63, 3.8) is 0 Å². The van der Waals surface area contributed by atoms with Gasteiger partial charge in [-0.15, -0.1) is 0 Å². The molecule has 0 spiro atoms. The minimum atomic E-state index is 0.550. The van der Waals surface area contributed by atoms with Crippen molar-refractivity contribution in [3.05, 3.63) is 33.8 Å². The van der Waals surface area contributed by atoms with Crippen molar-refractivity contribution in [2.24, 2.45) is 0 Å². The van der Waals surface area contributed by atoms with E-state index in [4.69, 9.17) is 25.8 Å². The molecule has 0 aliphatic heterocycles. The first-order valence-corrected chi connectivity index (χ1v) is 7.37. The molecule has 0 saturated heterocycles. The number of methoxy groups -OCH3 is 3. The van der Waals surface area contributed by atoms with Gasteiger partial charge in [-0.05, 0) is 42.4 Å². The topological polar surface area (TPSA) is 27.7 Å². The van der Waals surface area contributed by atoms with E-state index < -0.39 is 0 Å². The zero-order valence-electron chi connectivity index (χ0n) is 12.7. The monoisotopic (exact) mass is 300 g/mol. The summed E-state index contributed by atoms with van der Waals surface area (Å²) >= 11 is 6.45. The molecule has 0 atom stereocenters. The molecule has 0 aliphatic carbocycles. The number of ether oxygens (including phenoxy) is 3. The van der Waals surface area contributed by atoms with Crippen molar-refractivity contribution in [3.8, 4) is 0 Å². The maximum Gasteiger partial charge on any atom is 0.0727 e. The van der Waals surface area contributed by atoms with Gasteiger partial charge in [-0.25, -0.2) is 0 Å². The molecule has 0 fully saturated rings. The fourth-order valence-electron chi connectivity index (χ4n) is 2.24. The minimum absolute atomic E-state index is 0.550. The van der Waals surface area contributed by atoms with Gasteiger partial charge in [0.1, 0.15) is 0 Å². The first-order valence-electron chi connectivity index (χ1n) is 7.00. The second-order valence-corrected chi connectivity index (χ2v) is 5.23. The molecule has 3 nitrogen and oxygen atoms in total. The van der Waals surface area contributed by atoms with Crippen molar-refractivity contribution < 1.29 is 14.2 Å². The fraction of sp³-hybridized carbons (Fsp3) is 0.625. The van der Waals surface area contributed by atoms with Gasteiger partial charge in [0.15, 0.2) is 0 Å². The average molecular weight is 301 g/mol. The summed E-state index contributed by atoms with van der Waals surface area (Å²) in [5.41, 5.74) is 3.55. The Morgan fingerprint density at radius 2 is 1.45 bits per heavy atom. The summed E-state index contributed by atoms with van der Waals surface area (Å²) in [5.74, 6) is 0. The van der Waals surface area contributed by atoms with Gasteiger partial charge in [0, 0.05) is 39.6 Å². The molecule has 0 amide bonds. The molecule has 0 radical (unpaired) electrons. The van der Waals surface area contributed by atoms with Crippen LogP contribution in [0.15, 0.2) is 12.1 Å². The number of aryl methyl sites for hydroxylation is 2. The van der Waals surface area contributed by atoms with E-state index in [1.54, 1.807) is 21.3 Å². The molecule has 0 unspecified atom stereocenters. The van der Waals surface area contributed by atoms with Crippen molar-refractivity contribution in [2.45, 2.75) is 32.3 Å². The zero-order valence-corrected chi connectivity index (χ0v) is 13.5. The zero-order chi connectivity index (χ0) is 14.8. The van der Waals surface area contributed by atoms with Crippen LogP contribution in [0.4, 0.5) is 0 Å². The molecule has 0 N–H and O–H groups in total. The molecule has 0 bridgehead atoms. The highest BCUT2D eigenvalue weighted by Gasteiger charge is 2.09. The van der Waals surface area contributed by atoms with Crippen LogP contribution in [0, 0.1) is 0 Å². The molecular formula is C16H25ClO3. The second-order valence-electron chi connectivity index (χ2n) is 4.85. The largest absolute Gasteiger partial charge is 0.385 e. The van der Waals surface area contributed by atoms with Gasteiger partial charge in [-0.1, -0.05) is 23.7 Å².